The van der Waals surface area contributed by atoms with Crippen molar-refractivity contribution in [2.24, 2.45) is 5.92 Å². The first-order valence-electron chi connectivity index (χ1n) is 8.92. The van der Waals surface area contributed by atoms with E-state index >= 15 is 0 Å². The maximum absolute atomic E-state index is 12.8. The number of esters is 1. The number of aliphatic hydroxyl groups is 1. The highest BCUT2D eigenvalue weighted by Crippen LogP contribution is 2.26. The molecule has 26 heavy (non-hydrogen) atoms. The molecule has 1 amide bonds. The SMILES string of the molecule is CC[C@@](NC(=O)OCc1ccccc1)(C(=O)OC(C)(C)C)[C@@H](O)C(C)C. The molecule has 0 aromatic heterocycles. The summed E-state index contributed by atoms with van der Waals surface area (Å²) in [6.45, 7) is 10.5. The minimum atomic E-state index is -1.57. The number of aliphatic hydroxyl groups excluding tert-OH is 1. The van der Waals surface area contributed by atoms with Gasteiger partial charge in [-0.2, -0.15) is 0 Å². The molecule has 6 heteroatoms. The second-order valence-electron chi connectivity index (χ2n) is 7.70. The van der Waals surface area contributed by atoms with Crippen molar-refractivity contribution >= 4 is 12.1 Å². The first kappa shape index (κ1) is 22.0. The number of hydrogen-bond acceptors (Lipinski definition) is 5. The summed E-state index contributed by atoms with van der Waals surface area (Å²) >= 11 is 0. The summed E-state index contributed by atoms with van der Waals surface area (Å²) in [4.78, 5) is 25.2. The van der Waals surface area contributed by atoms with Gasteiger partial charge in [-0.3, -0.25) is 0 Å². The first-order chi connectivity index (χ1) is 12.0. The third-order valence-corrected chi connectivity index (χ3v) is 4.00. The maximum atomic E-state index is 12.8. The fourth-order valence-corrected chi connectivity index (χ4v) is 2.57. The monoisotopic (exact) mass is 365 g/mol. The second-order valence-corrected chi connectivity index (χ2v) is 7.70. The number of carbonyl (C=O) groups is 2. The highest BCUT2D eigenvalue weighted by atomic mass is 16.6. The number of ether oxygens (including phenoxy) is 2. The van der Waals surface area contributed by atoms with Gasteiger partial charge in [0.1, 0.15) is 12.2 Å². The highest BCUT2D eigenvalue weighted by Gasteiger charge is 2.49. The quantitative estimate of drug-likeness (QED) is 0.723. The summed E-state index contributed by atoms with van der Waals surface area (Å²) in [6, 6.07) is 9.22. The summed E-state index contributed by atoms with van der Waals surface area (Å²) < 4.78 is 10.7. The minimum Gasteiger partial charge on any atom is -0.458 e. The number of alkyl carbamates (subject to hydrolysis) is 1. The Hall–Kier alpha value is -2.08. The Bertz CT molecular complexity index is 594. The van der Waals surface area contributed by atoms with E-state index in [0.717, 1.165) is 5.56 Å². The molecule has 0 saturated carbocycles. The van der Waals surface area contributed by atoms with Gasteiger partial charge in [0.2, 0.25) is 0 Å². The average molecular weight is 365 g/mol. The molecule has 0 saturated heterocycles. The molecule has 0 fully saturated rings. The lowest BCUT2D eigenvalue weighted by Crippen LogP contribution is -2.64. The molecule has 0 heterocycles. The van der Waals surface area contributed by atoms with Crippen molar-refractivity contribution < 1.29 is 24.2 Å². The number of benzene rings is 1. The van der Waals surface area contributed by atoms with Crippen LogP contribution in [0.2, 0.25) is 0 Å². The van der Waals surface area contributed by atoms with Crippen molar-refractivity contribution in [1.82, 2.24) is 5.32 Å². The van der Waals surface area contributed by atoms with Crippen molar-refractivity contribution in [3.63, 3.8) is 0 Å². The van der Waals surface area contributed by atoms with Crippen molar-refractivity contribution in [3.8, 4) is 0 Å². The Kier molecular flexibility index (Phi) is 7.63. The van der Waals surface area contributed by atoms with Gasteiger partial charge in [0.25, 0.3) is 0 Å². The lowest BCUT2D eigenvalue weighted by atomic mass is 9.83. The number of carbonyl (C=O) groups excluding carboxylic acids is 2. The van der Waals surface area contributed by atoms with Crippen LogP contribution < -0.4 is 5.32 Å². The van der Waals surface area contributed by atoms with E-state index in [9.17, 15) is 14.7 Å². The van der Waals surface area contributed by atoms with Gasteiger partial charge in [-0.1, -0.05) is 51.1 Å². The first-order valence-corrected chi connectivity index (χ1v) is 8.92. The average Bonchev–Trinajstić information content (AvgIpc) is 2.56. The van der Waals surface area contributed by atoms with Crippen LogP contribution in [0.4, 0.5) is 4.79 Å². The molecule has 0 aliphatic rings. The molecule has 0 radical (unpaired) electrons. The summed E-state index contributed by atoms with van der Waals surface area (Å²) in [5, 5.41) is 13.2. The van der Waals surface area contributed by atoms with E-state index in [-0.39, 0.29) is 18.9 Å². The lowest BCUT2D eigenvalue weighted by Gasteiger charge is -2.39. The fourth-order valence-electron chi connectivity index (χ4n) is 2.57. The number of hydrogen-bond donors (Lipinski definition) is 2. The predicted octanol–water partition coefficient (Wildman–Crippen LogP) is 3.42. The zero-order valence-corrected chi connectivity index (χ0v) is 16.5. The van der Waals surface area contributed by atoms with E-state index in [0.29, 0.717) is 0 Å². The summed E-state index contributed by atoms with van der Waals surface area (Å²) in [7, 11) is 0. The number of rotatable bonds is 7. The van der Waals surface area contributed by atoms with Crippen LogP contribution in [-0.2, 0) is 20.9 Å². The third-order valence-electron chi connectivity index (χ3n) is 4.00. The molecule has 2 N–H and O–H groups in total. The summed E-state index contributed by atoms with van der Waals surface area (Å²) in [6.07, 6.45) is -1.73. The van der Waals surface area contributed by atoms with Gasteiger partial charge in [0, 0.05) is 0 Å². The molecule has 2 atom stereocenters. The summed E-state index contributed by atoms with van der Waals surface area (Å²) in [5.74, 6) is -0.942. The molecule has 146 valence electrons. The number of nitrogens with one attached hydrogen (secondary N) is 1. The van der Waals surface area contributed by atoms with E-state index in [1.165, 1.54) is 0 Å². The van der Waals surface area contributed by atoms with Crippen LogP contribution in [0.3, 0.4) is 0 Å². The smallest absolute Gasteiger partial charge is 0.408 e. The van der Waals surface area contributed by atoms with Gasteiger partial charge in [0.05, 0.1) is 6.10 Å². The van der Waals surface area contributed by atoms with Crippen LogP contribution >= 0.6 is 0 Å². The van der Waals surface area contributed by atoms with Crippen LogP contribution in [0.25, 0.3) is 0 Å². The molecule has 0 unspecified atom stereocenters. The van der Waals surface area contributed by atoms with E-state index < -0.39 is 29.3 Å². The fraction of sp³-hybridized carbons (Fsp3) is 0.600. The standard InChI is InChI=1S/C20H31NO5/c1-7-20(16(22)14(2)3,17(23)26-19(4,5)6)21-18(24)25-13-15-11-9-8-10-12-15/h8-12,14,16,22H,7,13H2,1-6H3,(H,21,24)/t16-,20-/m0/s1. The van der Waals surface area contributed by atoms with Crippen LogP contribution in [0.15, 0.2) is 30.3 Å². The highest BCUT2D eigenvalue weighted by molar-refractivity contribution is 5.87. The largest absolute Gasteiger partial charge is 0.458 e. The second kappa shape index (κ2) is 9.03. The molecule has 0 bridgehead atoms. The topological polar surface area (TPSA) is 84.9 Å². The molecule has 1 aromatic rings. The lowest BCUT2D eigenvalue weighted by molar-refractivity contribution is -0.170. The Labute approximate surface area is 155 Å². The summed E-state index contributed by atoms with van der Waals surface area (Å²) in [5.41, 5.74) is -1.49. The van der Waals surface area contributed by atoms with Gasteiger partial charge >= 0.3 is 12.1 Å². The zero-order chi connectivity index (χ0) is 20.0. The van der Waals surface area contributed by atoms with Crippen molar-refractivity contribution in [2.75, 3.05) is 0 Å². The Balaban J connectivity index is 2.96. The van der Waals surface area contributed by atoms with Gasteiger partial charge in [-0.05, 0) is 38.7 Å². The molecule has 1 rings (SSSR count). The zero-order valence-electron chi connectivity index (χ0n) is 16.5. The van der Waals surface area contributed by atoms with E-state index in [4.69, 9.17) is 9.47 Å². The van der Waals surface area contributed by atoms with Gasteiger partial charge < -0.3 is 19.9 Å². The maximum Gasteiger partial charge on any atom is 0.408 e. The Morgan fingerprint density at radius 1 is 1.15 bits per heavy atom. The molecule has 0 spiro atoms. The predicted molar refractivity (Wildman–Crippen MR) is 99.5 cm³/mol. The Morgan fingerprint density at radius 3 is 2.19 bits per heavy atom. The molecule has 0 aliphatic carbocycles. The van der Waals surface area contributed by atoms with Gasteiger partial charge in [-0.25, -0.2) is 9.59 Å². The molecule has 1 aromatic carbocycles. The van der Waals surface area contributed by atoms with E-state index in [2.05, 4.69) is 5.32 Å². The minimum absolute atomic E-state index is 0.0680. The van der Waals surface area contributed by atoms with Gasteiger partial charge in [-0.15, -0.1) is 0 Å². The molecular weight excluding hydrogens is 334 g/mol. The van der Waals surface area contributed by atoms with Crippen molar-refractivity contribution in [2.45, 2.75) is 71.8 Å². The Morgan fingerprint density at radius 2 is 1.73 bits per heavy atom. The van der Waals surface area contributed by atoms with Crippen LogP contribution in [-0.4, -0.2) is 34.4 Å². The van der Waals surface area contributed by atoms with Crippen molar-refractivity contribution in [1.29, 1.82) is 0 Å². The van der Waals surface area contributed by atoms with Crippen molar-refractivity contribution in [3.05, 3.63) is 35.9 Å². The normalized spacial score (nSPS) is 15.1. The molecular formula is C20H31NO5. The van der Waals surface area contributed by atoms with Crippen LogP contribution in [0.1, 0.15) is 53.5 Å². The molecule has 6 nitrogen and oxygen atoms in total. The molecule has 0 aliphatic heterocycles. The van der Waals surface area contributed by atoms with Gasteiger partial charge in [0.15, 0.2) is 5.54 Å². The van der Waals surface area contributed by atoms with Crippen LogP contribution in [0.5, 0.6) is 0 Å². The van der Waals surface area contributed by atoms with E-state index in [1.54, 1.807) is 41.5 Å². The van der Waals surface area contributed by atoms with Crippen LogP contribution in [0, 0.1) is 5.92 Å². The third kappa shape index (κ3) is 6.02. The van der Waals surface area contributed by atoms with E-state index in [1.807, 2.05) is 30.3 Å². The number of amides is 1.